The zero-order chi connectivity index (χ0) is 15.6. The van der Waals surface area contributed by atoms with Crippen LogP contribution in [0.25, 0.3) is 0 Å². The minimum absolute atomic E-state index is 0.209. The van der Waals surface area contributed by atoms with Crippen LogP contribution < -0.4 is 14.2 Å². The summed E-state index contributed by atoms with van der Waals surface area (Å²) >= 11 is 0. The quantitative estimate of drug-likeness (QED) is 0.919. The maximum absolute atomic E-state index is 12.5. The Kier molecular flexibility index (Phi) is 4.04. The van der Waals surface area contributed by atoms with Gasteiger partial charge in [-0.1, -0.05) is 18.2 Å². The van der Waals surface area contributed by atoms with E-state index in [-0.39, 0.29) is 10.9 Å². The van der Waals surface area contributed by atoms with Crippen molar-refractivity contribution in [3.8, 4) is 11.5 Å². The van der Waals surface area contributed by atoms with Crippen molar-refractivity contribution in [2.45, 2.75) is 17.9 Å². The highest BCUT2D eigenvalue weighted by atomic mass is 32.2. The summed E-state index contributed by atoms with van der Waals surface area (Å²) in [5, 5.41) is 0. The van der Waals surface area contributed by atoms with Gasteiger partial charge in [0.05, 0.1) is 17.5 Å². The molecule has 0 bridgehead atoms. The summed E-state index contributed by atoms with van der Waals surface area (Å²) in [5.41, 5.74) is 0.858. The Morgan fingerprint density at radius 1 is 1.18 bits per heavy atom. The van der Waals surface area contributed by atoms with Crippen LogP contribution in [0.1, 0.15) is 18.5 Å². The Labute approximate surface area is 129 Å². The van der Waals surface area contributed by atoms with E-state index in [0.29, 0.717) is 19.0 Å². The third-order valence-electron chi connectivity index (χ3n) is 3.44. The van der Waals surface area contributed by atoms with Crippen LogP contribution in [-0.2, 0) is 10.0 Å². The summed E-state index contributed by atoms with van der Waals surface area (Å²) in [6, 6.07) is 13.4. The molecule has 2 aromatic rings. The Morgan fingerprint density at radius 2 is 1.91 bits per heavy atom. The largest absolute Gasteiger partial charge is 0.494 e. The molecule has 22 heavy (non-hydrogen) atoms. The molecule has 0 saturated heterocycles. The number of ether oxygens (including phenoxy) is 2. The highest BCUT2D eigenvalue weighted by Crippen LogP contribution is 2.32. The SMILES string of the molecule is CCOc1ccc(S(=O)(=O)NC2COc3ccccc32)cc1. The lowest BCUT2D eigenvalue weighted by Crippen LogP contribution is -2.29. The first kappa shape index (κ1) is 14.9. The van der Waals surface area contributed by atoms with E-state index < -0.39 is 10.0 Å². The molecule has 1 N–H and O–H groups in total. The standard InChI is InChI=1S/C16H17NO4S/c1-2-20-12-7-9-13(10-8-12)22(18,19)17-15-11-21-16-6-4-3-5-14(15)16/h3-10,15,17H,2,11H2,1H3. The molecule has 1 aliphatic rings. The molecule has 0 aromatic heterocycles. The van der Waals surface area contributed by atoms with E-state index in [1.165, 1.54) is 12.1 Å². The van der Waals surface area contributed by atoms with Gasteiger partial charge in [-0.05, 0) is 37.3 Å². The maximum atomic E-state index is 12.5. The molecular formula is C16H17NO4S. The van der Waals surface area contributed by atoms with Crippen LogP contribution in [0.4, 0.5) is 0 Å². The molecule has 2 aromatic carbocycles. The highest BCUT2D eigenvalue weighted by molar-refractivity contribution is 7.89. The molecule has 1 atom stereocenters. The number of rotatable bonds is 5. The summed E-state index contributed by atoms with van der Waals surface area (Å²) in [6.07, 6.45) is 0. The van der Waals surface area contributed by atoms with Gasteiger partial charge in [0.15, 0.2) is 0 Å². The van der Waals surface area contributed by atoms with Crippen molar-refractivity contribution < 1.29 is 17.9 Å². The van der Waals surface area contributed by atoms with Crippen LogP contribution in [0.5, 0.6) is 11.5 Å². The topological polar surface area (TPSA) is 64.6 Å². The van der Waals surface area contributed by atoms with Crippen molar-refractivity contribution >= 4 is 10.0 Å². The summed E-state index contributed by atoms with van der Waals surface area (Å²) in [4.78, 5) is 0.209. The first-order valence-electron chi connectivity index (χ1n) is 7.07. The van der Waals surface area contributed by atoms with Crippen molar-refractivity contribution in [1.29, 1.82) is 0 Å². The second kappa shape index (κ2) is 5.98. The van der Waals surface area contributed by atoms with Crippen molar-refractivity contribution in [3.05, 3.63) is 54.1 Å². The number of sulfonamides is 1. The van der Waals surface area contributed by atoms with E-state index >= 15 is 0 Å². The molecule has 3 rings (SSSR count). The summed E-state index contributed by atoms with van der Waals surface area (Å²) < 4.78 is 38.4. The lowest BCUT2D eigenvalue weighted by Gasteiger charge is -2.12. The van der Waals surface area contributed by atoms with Gasteiger partial charge >= 0.3 is 0 Å². The summed E-state index contributed by atoms with van der Waals surface area (Å²) in [5.74, 6) is 1.37. The molecule has 5 nitrogen and oxygen atoms in total. The number of benzene rings is 2. The van der Waals surface area contributed by atoms with Crippen molar-refractivity contribution in [2.75, 3.05) is 13.2 Å². The fourth-order valence-electron chi connectivity index (χ4n) is 2.40. The Balaban J connectivity index is 1.79. The van der Waals surface area contributed by atoms with Crippen LogP contribution in [0, 0.1) is 0 Å². The molecule has 6 heteroatoms. The highest BCUT2D eigenvalue weighted by Gasteiger charge is 2.28. The molecule has 0 fully saturated rings. The minimum atomic E-state index is -3.60. The maximum Gasteiger partial charge on any atom is 0.241 e. The third-order valence-corrected chi connectivity index (χ3v) is 4.93. The molecule has 0 amide bonds. The minimum Gasteiger partial charge on any atom is -0.494 e. The van der Waals surface area contributed by atoms with E-state index in [4.69, 9.17) is 9.47 Å². The van der Waals surface area contributed by atoms with Gasteiger partial charge in [0.1, 0.15) is 18.1 Å². The molecule has 0 spiro atoms. The second-order valence-corrected chi connectivity index (χ2v) is 6.64. The van der Waals surface area contributed by atoms with Crippen LogP contribution in [0.3, 0.4) is 0 Å². The van der Waals surface area contributed by atoms with E-state index in [0.717, 1.165) is 11.3 Å². The fourth-order valence-corrected chi connectivity index (χ4v) is 3.60. The molecular weight excluding hydrogens is 302 g/mol. The number of nitrogens with one attached hydrogen (secondary N) is 1. The number of para-hydroxylation sites is 1. The number of hydrogen-bond donors (Lipinski definition) is 1. The van der Waals surface area contributed by atoms with Crippen molar-refractivity contribution in [1.82, 2.24) is 4.72 Å². The van der Waals surface area contributed by atoms with Gasteiger partial charge in [-0.15, -0.1) is 0 Å². The lowest BCUT2D eigenvalue weighted by molar-refractivity contribution is 0.325. The summed E-state index contributed by atoms with van der Waals surface area (Å²) in [6.45, 7) is 2.72. The smallest absolute Gasteiger partial charge is 0.241 e. The average molecular weight is 319 g/mol. The molecule has 0 saturated carbocycles. The third kappa shape index (κ3) is 2.93. The first-order chi connectivity index (χ1) is 10.6. The van der Waals surface area contributed by atoms with Crippen molar-refractivity contribution in [3.63, 3.8) is 0 Å². The van der Waals surface area contributed by atoms with E-state index in [2.05, 4.69) is 4.72 Å². The fraction of sp³-hybridized carbons (Fsp3) is 0.250. The Bertz CT molecular complexity index is 756. The first-order valence-corrected chi connectivity index (χ1v) is 8.55. The lowest BCUT2D eigenvalue weighted by atomic mass is 10.1. The predicted octanol–water partition coefficient (Wildman–Crippen LogP) is 2.50. The molecule has 1 unspecified atom stereocenters. The monoisotopic (exact) mass is 319 g/mol. The van der Waals surface area contributed by atoms with E-state index in [1.54, 1.807) is 12.1 Å². The molecule has 116 valence electrons. The van der Waals surface area contributed by atoms with Gasteiger partial charge in [-0.25, -0.2) is 13.1 Å². The van der Waals surface area contributed by atoms with Crippen LogP contribution in [-0.4, -0.2) is 21.6 Å². The number of hydrogen-bond acceptors (Lipinski definition) is 4. The van der Waals surface area contributed by atoms with Gasteiger partial charge in [0, 0.05) is 5.56 Å². The van der Waals surface area contributed by atoms with Gasteiger partial charge < -0.3 is 9.47 Å². The predicted molar refractivity (Wildman–Crippen MR) is 82.6 cm³/mol. The molecule has 0 radical (unpaired) electrons. The number of fused-ring (bicyclic) bond motifs is 1. The molecule has 1 aliphatic heterocycles. The zero-order valence-electron chi connectivity index (χ0n) is 12.2. The zero-order valence-corrected chi connectivity index (χ0v) is 13.0. The van der Waals surface area contributed by atoms with E-state index in [1.807, 2.05) is 31.2 Å². The Morgan fingerprint density at radius 3 is 2.64 bits per heavy atom. The van der Waals surface area contributed by atoms with Gasteiger partial charge in [-0.3, -0.25) is 0 Å². The van der Waals surface area contributed by atoms with Gasteiger partial charge in [0.2, 0.25) is 10.0 Å². The second-order valence-electron chi connectivity index (χ2n) is 4.93. The van der Waals surface area contributed by atoms with Gasteiger partial charge in [0.25, 0.3) is 0 Å². The van der Waals surface area contributed by atoms with Crippen LogP contribution in [0.2, 0.25) is 0 Å². The van der Waals surface area contributed by atoms with Gasteiger partial charge in [-0.2, -0.15) is 0 Å². The average Bonchev–Trinajstić information content (AvgIpc) is 2.91. The van der Waals surface area contributed by atoms with Crippen LogP contribution >= 0.6 is 0 Å². The summed E-state index contributed by atoms with van der Waals surface area (Å²) in [7, 11) is -3.60. The Hall–Kier alpha value is -2.05. The molecule has 0 aliphatic carbocycles. The van der Waals surface area contributed by atoms with Crippen molar-refractivity contribution in [2.24, 2.45) is 0 Å². The van der Waals surface area contributed by atoms with Crippen LogP contribution in [0.15, 0.2) is 53.4 Å². The normalized spacial score (nSPS) is 16.9. The van der Waals surface area contributed by atoms with E-state index in [9.17, 15) is 8.42 Å². The molecule has 1 heterocycles.